The van der Waals surface area contributed by atoms with Gasteiger partial charge in [0.25, 0.3) is 0 Å². The Kier molecular flexibility index (Phi) is 5.75. The van der Waals surface area contributed by atoms with Gasteiger partial charge in [-0.05, 0) is 66.5 Å². The predicted molar refractivity (Wildman–Crippen MR) is 117 cm³/mol. The number of fused-ring (bicyclic) bond motifs is 1. The first-order chi connectivity index (χ1) is 14.0. The number of amides is 1. The topological polar surface area (TPSA) is 112 Å². The number of hydrogen-bond acceptors (Lipinski definition) is 7. The molecule has 0 radical (unpaired) electrons. The van der Waals surface area contributed by atoms with Gasteiger partial charge in [0.15, 0.2) is 0 Å². The van der Waals surface area contributed by atoms with Crippen molar-refractivity contribution in [2.45, 2.75) is 77.6 Å². The third-order valence-electron chi connectivity index (χ3n) is 4.80. The number of aromatic nitrogens is 2. The maximum Gasteiger partial charge on any atom is 0.408 e. The van der Waals surface area contributed by atoms with Crippen LogP contribution < -0.4 is 16.0 Å². The Morgan fingerprint density at radius 2 is 2.03 bits per heavy atom. The third-order valence-corrected chi connectivity index (χ3v) is 4.80. The Bertz CT molecular complexity index is 984. The number of hydrogen-bond donors (Lipinski definition) is 3. The highest BCUT2D eigenvalue weighted by atomic mass is 16.6. The first-order valence-corrected chi connectivity index (χ1v) is 10.2. The van der Waals surface area contributed by atoms with Gasteiger partial charge in [0.05, 0.1) is 0 Å². The minimum atomic E-state index is -0.516. The second-order valence-corrected chi connectivity index (χ2v) is 9.49. The normalized spacial score (nSPS) is 20.9. The molecule has 0 spiro atoms. The minimum absolute atomic E-state index is 0.186. The maximum atomic E-state index is 12.1. The van der Waals surface area contributed by atoms with Crippen LogP contribution >= 0.6 is 0 Å². The van der Waals surface area contributed by atoms with Crippen LogP contribution in [0, 0.1) is 11.3 Å². The third kappa shape index (κ3) is 5.29. The summed E-state index contributed by atoms with van der Waals surface area (Å²) in [5.41, 5.74) is -0.459. The van der Waals surface area contributed by atoms with Gasteiger partial charge >= 0.3 is 6.09 Å². The second-order valence-electron chi connectivity index (χ2n) is 9.49. The standard InChI is InChI=1S/C22H30N6O2/c1-13(2)25-19-17-8-18(24-12-14(17)7-15(11-23)27-19)26-16-9-22(6,10-16)28-20(29)30-21(3,4)5/h7-8,12-13,16H,9-10H2,1-6H3,(H,24,26)(H,25,27)(H,28,29). The van der Waals surface area contributed by atoms with Crippen molar-refractivity contribution in [3.05, 3.63) is 24.0 Å². The summed E-state index contributed by atoms with van der Waals surface area (Å²) in [7, 11) is 0. The van der Waals surface area contributed by atoms with Crippen LogP contribution in [0.3, 0.4) is 0 Å². The van der Waals surface area contributed by atoms with Gasteiger partial charge in [0.1, 0.15) is 29.0 Å². The molecule has 0 aromatic carbocycles. The molecule has 0 atom stereocenters. The van der Waals surface area contributed by atoms with E-state index in [-0.39, 0.29) is 17.6 Å². The first-order valence-electron chi connectivity index (χ1n) is 10.2. The largest absolute Gasteiger partial charge is 0.444 e. The number of pyridine rings is 2. The van der Waals surface area contributed by atoms with Gasteiger partial charge in [-0.15, -0.1) is 0 Å². The highest BCUT2D eigenvalue weighted by Crippen LogP contribution is 2.35. The molecule has 3 N–H and O–H groups in total. The summed E-state index contributed by atoms with van der Waals surface area (Å²) >= 11 is 0. The summed E-state index contributed by atoms with van der Waals surface area (Å²) in [5.74, 6) is 1.42. The molecule has 1 fully saturated rings. The average molecular weight is 411 g/mol. The van der Waals surface area contributed by atoms with Crippen molar-refractivity contribution in [1.29, 1.82) is 5.26 Å². The highest BCUT2D eigenvalue weighted by Gasteiger charge is 2.42. The van der Waals surface area contributed by atoms with Crippen LogP contribution in [0.4, 0.5) is 16.4 Å². The van der Waals surface area contributed by atoms with Gasteiger partial charge < -0.3 is 20.7 Å². The molecule has 0 unspecified atom stereocenters. The Balaban J connectivity index is 1.69. The van der Waals surface area contributed by atoms with Crippen LogP contribution in [0.15, 0.2) is 18.3 Å². The van der Waals surface area contributed by atoms with Gasteiger partial charge in [-0.1, -0.05) is 0 Å². The number of nitrogens with zero attached hydrogens (tertiary/aromatic N) is 3. The Morgan fingerprint density at radius 1 is 1.33 bits per heavy atom. The molecule has 0 aliphatic heterocycles. The summed E-state index contributed by atoms with van der Waals surface area (Å²) in [6.45, 7) is 11.6. The summed E-state index contributed by atoms with van der Waals surface area (Å²) in [6, 6.07) is 6.17. The van der Waals surface area contributed by atoms with Crippen molar-refractivity contribution < 1.29 is 9.53 Å². The van der Waals surface area contributed by atoms with Gasteiger partial charge in [0, 0.05) is 34.6 Å². The minimum Gasteiger partial charge on any atom is -0.444 e. The van der Waals surface area contributed by atoms with E-state index in [1.165, 1.54) is 0 Å². The van der Waals surface area contributed by atoms with E-state index in [9.17, 15) is 10.1 Å². The fourth-order valence-corrected chi connectivity index (χ4v) is 3.66. The molecule has 0 saturated heterocycles. The van der Waals surface area contributed by atoms with Crippen molar-refractivity contribution in [3.8, 4) is 6.07 Å². The molecule has 1 aliphatic carbocycles. The highest BCUT2D eigenvalue weighted by molar-refractivity contribution is 5.93. The van der Waals surface area contributed by atoms with E-state index in [2.05, 4.69) is 32.0 Å². The molecule has 8 nitrogen and oxygen atoms in total. The molecule has 2 aromatic heterocycles. The molecular weight excluding hydrogens is 380 g/mol. The molecule has 3 rings (SSSR count). The van der Waals surface area contributed by atoms with Crippen molar-refractivity contribution in [2.75, 3.05) is 10.6 Å². The molecular formula is C22H30N6O2. The van der Waals surface area contributed by atoms with Crippen molar-refractivity contribution in [1.82, 2.24) is 15.3 Å². The van der Waals surface area contributed by atoms with Crippen molar-refractivity contribution in [2.24, 2.45) is 0 Å². The van der Waals surface area contributed by atoms with Gasteiger partial charge in [-0.25, -0.2) is 14.8 Å². The smallest absolute Gasteiger partial charge is 0.408 e. The lowest BCUT2D eigenvalue weighted by atomic mass is 9.74. The number of ether oxygens (including phenoxy) is 1. The van der Waals surface area contributed by atoms with E-state index in [0.717, 1.165) is 29.4 Å². The van der Waals surface area contributed by atoms with E-state index in [0.29, 0.717) is 11.5 Å². The predicted octanol–water partition coefficient (Wildman–Crippen LogP) is 4.18. The van der Waals surface area contributed by atoms with Crippen LogP contribution in [0.25, 0.3) is 10.8 Å². The zero-order chi connectivity index (χ0) is 22.1. The molecule has 1 amide bonds. The lowest BCUT2D eigenvalue weighted by Crippen LogP contribution is -2.59. The van der Waals surface area contributed by atoms with E-state index in [1.54, 1.807) is 12.3 Å². The Hall–Kier alpha value is -3.08. The SMILES string of the molecule is CC(C)Nc1nc(C#N)cc2cnc(NC3CC(C)(NC(=O)OC(C)(C)C)C3)cc12. The first kappa shape index (κ1) is 21.6. The van der Waals surface area contributed by atoms with Crippen LogP contribution in [0.5, 0.6) is 0 Å². The fourth-order valence-electron chi connectivity index (χ4n) is 3.66. The summed E-state index contributed by atoms with van der Waals surface area (Å²) in [5, 5.41) is 20.7. The molecule has 1 saturated carbocycles. The molecule has 0 bridgehead atoms. The maximum absolute atomic E-state index is 12.1. The van der Waals surface area contributed by atoms with Gasteiger partial charge in [-0.3, -0.25) is 0 Å². The Morgan fingerprint density at radius 3 is 2.63 bits per heavy atom. The molecule has 2 aromatic rings. The number of anilines is 2. The second kappa shape index (κ2) is 7.98. The molecule has 1 aliphatic rings. The van der Waals surface area contributed by atoms with Gasteiger partial charge in [-0.2, -0.15) is 5.26 Å². The van der Waals surface area contributed by atoms with E-state index < -0.39 is 11.7 Å². The lowest BCUT2D eigenvalue weighted by Gasteiger charge is -2.46. The van der Waals surface area contributed by atoms with Crippen LogP contribution in [-0.4, -0.2) is 39.3 Å². The van der Waals surface area contributed by atoms with E-state index >= 15 is 0 Å². The molecule has 30 heavy (non-hydrogen) atoms. The molecule has 2 heterocycles. The molecule has 8 heteroatoms. The van der Waals surface area contributed by atoms with Crippen LogP contribution in [0.2, 0.25) is 0 Å². The van der Waals surface area contributed by atoms with Crippen molar-refractivity contribution >= 4 is 28.5 Å². The summed E-state index contributed by atoms with van der Waals surface area (Å²) in [6.07, 6.45) is 2.90. The van der Waals surface area contributed by atoms with Crippen molar-refractivity contribution in [3.63, 3.8) is 0 Å². The van der Waals surface area contributed by atoms with Crippen LogP contribution in [0.1, 0.15) is 60.1 Å². The number of rotatable bonds is 5. The monoisotopic (exact) mass is 410 g/mol. The van der Waals surface area contributed by atoms with Crippen LogP contribution in [-0.2, 0) is 4.74 Å². The molecule has 160 valence electrons. The number of nitriles is 1. The number of alkyl carbamates (subject to hydrolysis) is 1. The lowest BCUT2D eigenvalue weighted by molar-refractivity contribution is 0.0393. The number of carbonyl (C=O) groups is 1. The van der Waals surface area contributed by atoms with E-state index in [1.807, 2.05) is 47.6 Å². The zero-order valence-corrected chi connectivity index (χ0v) is 18.5. The quantitative estimate of drug-likeness (QED) is 0.678. The van der Waals surface area contributed by atoms with E-state index in [4.69, 9.17) is 4.74 Å². The fraction of sp³-hybridized carbons (Fsp3) is 0.545. The summed E-state index contributed by atoms with van der Waals surface area (Å²) < 4.78 is 5.36. The van der Waals surface area contributed by atoms with Gasteiger partial charge in [0.2, 0.25) is 0 Å². The Labute approximate surface area is 177 Å². The average Bonchev–Trinajstić information content (AvgIpc) is 2.58. The number of carbonyl (C=O) groups excluding carboxylic acids is 1. The number of nitrogens with one attached hydrogen (secondary N) is 3. The zero-order valence-electron chi connectivity index (χ0n) is 18.5. The summed E-state index contributed by atoms with van der Waals surface area (Å²) in [4.78, 5) is 21.0.